The van der Waals surface area contributed by atoms with Gasteiger partial charge >= 0.3 is 0 Å². The van der Waals surface area contributed by atoms with Crippen LogP contribution in [0.5, 0.6) is 0 Å². The fourth-order valence-corrected chi connectivity index (χ4v) is 2.60. The van der Waals surface area contributed by atoms with Crippen LogP contribution < -0.4 is 5.32 Å². The van der Waals surface area contributed by atoms with Gasteiger partial charge in [0.05, 0.1) is 0 Å². The number of nitrogens with zero attached hydrogens (tertiary/aromatic N) is 1. The van der Waals surface area contributed by atoms with Crippen molar-refractivity contribution in [3.63, 3.8) is 0 Å². The molecule has 0 radical (unpaired) electrons. The van der Waals surface area contributed by atoms with Crippen molar-refractivity contribution in [1.29, 1.82) is 0 Å². The van der Waals surface area contributed by atoms with Gasteiger partial charge in [0.15, 0.2) is 0 Å². The lowest BCUT2D eigenvalue weighted by atomic mass is 10.0. The average molecular weight is 226 g/mol. The minimum absolute atomic E-state index is 0.645. The van der Waals surface area contributed by atoms with Crippen LogP contribution in [0, 0.1) is 5.92 Å². The van der Waals surface area contributed by atoms with Crippen LogP contribution in [-0.4, -0.2) is 36.1 Å². The summed E-state index contributed by atoms with van der Waals surface area (Å²) >= 11 is 0. The van der Waals surface area contributed by atoms with Crippen LogP contribution in [0.3, 0.4) is 0 Å². The van der Waals surface area contributed by atoms with E-state index >= 15 is 0 Å². The maximum atomic E-state index is 3.62. The molecule has 0 bridgehead atoms. The van der Waals surface area contributed by atoms with Crippen molar-refractivity contribution in [1.82, 2.24) is 10.2 Å². The molecule has 1 aliphatic carbocycles. The molecule has 0 saturated heterocycles. The molecule has 0 amide bonds. The van der Waals surface area contributed by atoms with E-state index in [4.69, 9.17) is 0 Å². The first-order valence-electron chi connectivity index (χ1n) is 7.09. The molecule has 0 spiro atoms. The Hall–Kier alpha value is -0.0800. The SMILES string of the molecule is CCNC(CC)C(C)N(CC1CC1)C(C)C. The van der Waals surface area contributed by atoms with Crippen LogP contribution in [-0.2, 0) is 0 Å². The molecule has 0 aliphatic heterocycles. The third-order valence-corrected chi connectivity index (χ3v) is 3.84. The van der Waals surface area contributed by atoms with Gasteiger partial charge in [0, 0.05) is 24.7 Å². The lowest BCUT2D eigenvalue weighted by Gasteiger charge is -2.37. The second-order valence-corrected chi connectivity index (χ2v) is 5.55. The van der Waals surface area contributed by atoms with E-state index in [0.717, 1.165) is 12.5 Å². The van der Waals surface area contributed by atoms with Crippen molar-refractivity contribution in [2.24, 2.45) is 5.92 Å². The van der Waals surface area contributed by atoms with Crippen molar-refractivity contribution < 1.29 is 0 Å². The first kappa shape index (κ1) is 14.0. The zero-order valence-corrected chi connectivity index (χ0v) is 11.8. The second kappa shape index (κ2) is 6.61. The first-order valence-corrected chi connectivity index (χ1v) is 7.09. The fourth-order valence-electron chi connectivity index (χ4n) is 2.60. The Balaban J connectivity index is 2.52. The Bertz CT molecular complexity index is 187. The molecular formula is C14H30N2. The maximum absolute atomic E-state index is 3.62. The van der Waals surface area contributed by atoms with Gasteiger partial charge in [-0.3, -0.25) is 4.90 Å². The molecule has 0 aromatic rings. The standard InChI is InChI=1S/C14H30N2/c1-6-14(15-7-2)12(5)16(11(3)4)10-13-8-9-13/h11-15H,6-10H2,1-5H3. The molecule has 1 saturated carbocycles. The summed E-state index contributed by atoms with van der Waals surface area (Å²) in [6.07, 6.45) is 4.13. The third-order valence-electron chi connectivity index (χ3n) is 3.84. The Kier molecular flexibility index (Phi) is 5.77. The summed E-state index contributed by atoms with van der Waals surface area (Å²) in [5, 5.41) is 3.62. The summed E-state index contributed by atoms with van der Waals surface area (Å²) in [5.41, 5.74) is 0. The number of likely N-dealkylation sites (N-methyl/N-ethyl adjacent to an activating group) is 1. The lowest BCUT2D eigenvalue weighted by Crippen LogP contribution is -2.51. The van der Waals surface area contributed by atoms with Gasteiger partial charge in [0.25, 0.3) is 0 Å². The fraction of sp³-hybridized carbons (Fsp3) is 1.00. The summed E-state index contributed by atoms with van der Waals surface area (Å²) in [6, 6.07) is 1.97. The van der Waals surface area contributed by atoms with E-state index in [0.29, 0.717) is 18.1 Å². The van der Waals surface area contributed by atoms with E-state index in [-0.39, 0.29) is 0 Å². The molecular weight excluding hydrogens is 196 g/mol. The third kappa shape index (κ3) is 4.06. The summed E-state index contributed by atoms with van der Waals surface area (Å²) in [7, 11) is 0. The van der Waals surface area contributed by atoms with Crippen LogP contribution in [0.2, 0.25) is 0 Å². The zero-order chi connectivity index (χ0) is 12.1. The Morgan fingerprint density at radius 1 is 1.19 bits per heavy atom. The molecule has 0 aromatic carbocycles. The molecule has 2 heteroatoms. The highest BCUT2D eigenvalue weighted by atomic mass is 15.2. The Morgan fingerprint density at radius 3 is 2.19 bits per heavy atom. The minimum Gasteiger partial charge on any atom is -0.313 e. The average Bonchev–Trinajstić information content (AvgIpc) is 3.05. The van der Waals surface area contributed by atoms with E-state index in [1.165, 1.54) is 25.8 Å². The molecule has 1 fully saturated rings. The van der Waals surface area contributed by atoms with Gasteiger partial charge in [-0.1, -0.05) is 13.8 Å². The van der Waals surface area contributed by atoms with Gasteiger partial charge in [-0.2, -0.15) is 0 Å². The normalized spacial score (nSPS) is 20.4. The van der Waals surface area contributed by atoms with Gasteiger partial charge in [-0.05, 0) is 52.5 Å². The molecule has 2 nitrogen and oxygen atoms in total. The van der Waals surface area contributed by atoms with Crippen LogP contribution in [0.15, 0.2) is 0 Å². The van der Waals surface area contributed by atoms with Crippen LogP contribution >= 0.6 is 0 Å². The largest absolute Gasteiger partial charge is 0.313 e. The predicted octanol–water partition coefficient (Wildman–Crippen LogP) is 2.88. The van der Waals surface area contributed by atoms with Gasteiger partial charge in [-0.25, -0.2) is 0 Å². The summed E-state index contributed by atoms with van der Waals surface area (Å²) in [4.78, 5) is 2.69. The second-order valence-electron chi connectivity index (χ2n) is 5.55. The summed E-state index contributed by atoms with van der Waals surface area (Å²) in [6.45, 7) is 13.9. The molecule has 1 N–H and O–H groups in total. The highest BCUT2D eigenvalue weighted by Crippen LogP contribution is 2.31. The quantitative estimate of drug-likeness (QED) is 0.684. The van der Waals surface area contributed by atoms with Gasteiger partial charge < -0.3 is 5.32 Å². The van der Waals surface area contributed by atoms with E-state index in [2.05, 4.69) is 44.8 Å². The summed E-state index contributed by atoms with van der Waals surface area (Å²) in [5.74, 6) is 0.990. The molecule has 1 aliphatic rings. The summed E-state index contributed by atoms with van der Waals surface area (Å²) < 4.78 is 0. The van der Waals surface area contributed by atoms with E-state index in [1.807, 2.05) is 0 Å². The Morgan fingerprint density at radius 2 is 1.81 bits per heavy atom. The molecule has 1 rings (SSSR count). The molecule has 16 heavy (non-hydrogen) atoms. The van der Waals surface area contributed by atoms with E-state index < -0.39 is 0 Å². The van der Waals surface area contributed by atoms with Crippen LogP contribution in [0.1, 0.15) is 53.9 Å². The van der Waals surface area contributed by atoms with Crippen molar-refractivity contribution in [2.75, 3.05) is 13.1 Å². The maximum Gasteiger partial charge on any atom is 0.0223 e. The van der Waals surface area contributed by atoms with Crippen molar-refractivity contribution in [3.8, 4) is 0 Å². The van der Waals surface area contributed by atoms with Gasteiger partial charge in [-0.15, -0.1) is 0 Å². The van der Waals surface area contributed by atoms with Crippen LogP contribution in [0.25, 0.3) is 0 Å². The lowest BCUT2D eigenvalue weighted by molar-refractivity contribution is 0.124. The minimum atomic E-state index is 0.645. The van der Waals surface area contributed by atoms with Crippen molar-refractivity contribution >= 4 is 0 Å². The number of hydrogen-bond donors (Lipinski definition) is 1. The van der Waals surface area contributed by atoms with Crippen LogP contribution in [0.4, 0.5) is 0 Å². The smallest absolute Gasteiger partial charge is 0.0223 e. The number of rotatable bonds is 8. The highest BCUT2D eigenvalue weighted by Gasteiger charge is 2.30. The molecule has 2 atom stereocenters. The predicted molar refractivity (Wildman–Crippen MR) is 71.8 cm³/mol. The van der Waals surface area contributed by atoms with Crippen molar-refractivity contribution in [2.45, 2.75) is 72.0 Å². The molecule has 96 valence electrons. The highest BCUT2D eigenvalue weighted by molar-refractivity contribution is 4.86. The first-order chi connectivity index (χ1) is 7.60. The van der Waals surface area contributed by atoms with Gasteiger partial charge in [0.1, 0.15) is 0 Å². The zero-order valence-electron chi connectivity index (χ0n) is 11.8. The topological polar surface area (TPSA) is 15.3 Å². The van der Waals surface area contributed by atoms with Gasteiger partial charge in [0.2, 0.25) is 0 Å². The molecule has 2 unspecified atom stereocenters. The van der Waals surface area contributed by atoms with E-state index in [1.54, 1.807) is 0 Å². The monoisotopic (exact) mass is 226 g/mol. The molecule has 0 heterocycles. The Labute approximate surface area is 102 Å². The number of nitrogens with one attached hydrogen (secondary N) is 1. The van der Waals surface area contributed by atoms with Crippen molar-refractivity contribution in [3.05, 3.63) is 0 Å². The molecule has 0 aromatic heterocycles. The number of hydrogen-bond acceptors (Lipinski definition) is 2. The van der Waals surface area contributed by atoms with E-state index in [9.17, 15) is 0 Å².